The minimum atomic E-state index is -0.987. The lowest BCUT2D eigenvalue weighted by molar-refractivity contribution is -0.143. The summed E-state index contributed by atoms with van der Waals surface area (Å²) in [6.45, 7) is 2.84. The molecule has 0 unspecified atom stereocenters. The number of carbonyl (C=O) groups is 1. The van der Waals surface area contributed by atoms with Crippen LogP contribution in [0.15, 0.2) is 44.9 Å². The van der Waals surface area contributed by atoms with Crippen molar-refractivity contribution in [3.05, 3.63) is 73.1 Å². The number of esters is 1. The molecule has 2 aromatic rings. The highest BCUT2D eigenvalue weighted by molar-refractivity contribution is 6.35. The Morgan fingerprint density at radius 1 is 1.32 bits per heavy atom. The maximum atomic E-state index is 12.8. The van der Waals surface area contributed by atoms with Gasteiger partial charge in [-0.2, -0.15) is 0 Å². The molecule has 9 heteroatoms. The topological polar surface area (TPSA) is 112 Å². The minimum absolute atomic E-state index is 0.000477. The molecule has 1 aromatic heterocycles. The van der Waals surface area contributed by atoms with Crippen LogP contribution in [0.25, 0.3) is 0 Å². The molecule has 7 nitrogen and oxygen atoms in total. The predicted molar refractivity (Wildman–Crippen MR) is 102 cm³/mol. The first-order chi connectivity index (χ1) is 13.2. The lowest BCUT2D eigenvalue weighted by Crippen LogP contribution is -2.31. The molecule has 3 rings (SSSR count). The molecule has 148 valence electrons. The second kappa shape index (κ2) is 7.87. The Kier molecular flexibility index (Phi) is 5.69. The van der Waals surface area contributed by atoms with E-state index in [0.29, 0.717) is 10.6 Å². The number of benzene rings is 1. The van der Waals surface area contributed by atoms with Crippen LogP contribution in [0, 0.1) is 0 Å². The largest absolute Gasteiger partial charge is 0.459 e. The quantitative estimate of drug-likeness (QED) is 0.723. The molecule has 0 amide bonds. The number of rotatable bonds is 4. The number of ether oxygens (including phenoxy) is 2. The molecule has 0 spiro atoms. The molecule has 1 aliphatic heterocycles. The number of fused-ring (bicyclic) bond motifs is 1. The molecular formula is C19H17Cl2NO6. The van der Waals surface area contributed by atoms with Gasteiger partial charge in [0.2, 0.25) is 17.1 Å². The fourth-order valence-electron chi connectivity index (χ4n) is 2.89. The summed E-state index contributed by atoms with van der Waals surface area (Å²) in [7, 11) is 0. The lowest BCUT2D eigenvalue weighted by Gasteiger charge is -2.28. The fourth-order valence-corrected chi connectivity index (χ4v) is 3.40. The van der Waals surface area contributed by atoms with Crippen molar-refractivity contribution < 1.29 is 23.8 Å². The number of aliphatic hydroxyl groups is 1. The Morgan fingerprint density at radius 3 is 2.64 bits per heavy atom. The molecule has 1 aromatic carbocycles. The SMILES string of the molecule is CC(C)OC(=O)C1=C(N)Oc2c(oc(CO)cc2=O)[C@@H]1c1ccc(Cl)cc1Cl. The predicted octanol–water partition coefficient (Wildman–Crippen LogP) is 3.09. The van der Waals surface area contributed by atoms with Gasteiger partial charge in [-0.3, -0.25) is 4.79 Å². The second-order valence-corrected chi connectivity index (χ2v) is 7.20. The number of hydrogen-bond donors (Lipinski definition) is 2. The summed E-state index contributed by atoms with van der Waals surface area (Å²) in [6.07, 6.45) is -0.425. The number of hydrogen-bond acceptors (Lipinski definition) is 7. The average Bonchev–Trinajstić information content (AvgIpc) is 2.61. The van der Waals surface area contributed by atoms with Crippen molar-refractivity contribution in [1.29, 1.82) is 0 Å². The van der Waals surface area contributed by atoms with Crippen LogP contribution < -0.4 is 15.9 Å². The van der Waals surface area contributed by atoms with Gasteiger partial charge in [0.15, 0.2) is 5.76 Å². The average molecular weight is 426 g/mol. The molecule has 1 atom stereocenters. The first kappa shape index (κ1) is 20.3. The van der Waals surface area contributed by atoms with Crippen LogP contribution in [0.1, 0.15) is 36.8 Å². The lowest BCUT2D eigenvalue weighted by atomic mass is 9.86. The monoisotopic (exact) mass is 425 g/mol. The van der Waals surface area contributed by atoms with Crippen molar-refractivity contribution >= 4 is 29.2 Å². The summed E-state index contributed by atoms with van der Waals surface area (Å²) in [6, 6.07) is 5.74. The van der Waals surface area contributed by atoms with Crippen molar-refractivity contribution in [2.24, 2.45) is 5.73 Å². The van der Waals surface area contributed by atoms with Gasteiger partial charge >= 0.3 is 5.97 Å². The van der Waals surface area contributed by atoms with Crippen molar-refractivity contribution in [3.63, 3.8) is 0 Å². The minimum Gasteiger partial charge on any atom is -0.459 e. The van der Waals surface area contributed by atoms with Crippen LogP contribution in [-0.2, 0) is 16.1 Å². The first-order valence-corrected chi connectivity index (χ1v) is 9.09. The third-order valence-electron chi connectivity index (χ3n) is 4.00. The van der Waals surface area contributed by atoms with Gasteiger partial charge in [0.05, 0.1) is 12.0 Å². The third-order valence-corrected chi connectivity index (χ3v) is 4.56. The van der Waals surface area contributed by atoms with Crippen LogP contribution >= 0.6 is 23.2 Å². The summed E-state index contributed by atoms with van der Waals surface area (Å²) in [5.74, 6) is -2.22. The first-order valence-electron chi connectivity index (χ1n) is 8.34. The molecule has 0 saturated heterocycles. The summed E-state index contributed by atoms with van der Waals surface area (Å²) < 4.78 is 16.3. The van der Waals surface area contributed by atoms with Gasteiger partial charge in [-0.05, 0) is 31.5 Å². The van der Waals surface area contributed by atoms with Gasteiger partial charge in [-0.15, -0.1) is 0 Å². The van der Waals surface area contributed by atoms with Gasteiger partial charge in [0.25, 0.3) is 0 Å². The third kappa shape index (κ3) is 3.73. The van der Waals surface area contributed by atoms with Gasteiger partial charge in [0.1, 0.15) is 17.9 Å². The normalized spacial score (nSPS) is 16.0. The number of carbonyl (C=O) groups excluding carboxylic acids is 1. The maximum Gasteiger partial charge on any atom is 0.340 e. The Bertz CT molecular complexity index is 1030. The zero-order valence-corrected chi connectivity index (χ0v) is 16.5. The standard InChI is InChI=1S/C19H17Cl2NO6/c1-8(2)26-19(25)15-14(11-4-3-9(20)5-12(11)21)17-16(28-18(15)22)13(24)6-10(7-23)27-17/h3-6,8,14,23H,7,22H2,1-2H3/t14-/m1/s1. The van der Waals surface area contributed by atoms with E-state index in [0.717, 1.165) is 6.07 Å². The highest BCUT2D eigenvalue weighted by Crippen LogP contribution is 2.44. The van der Waals surface area contributed by atoms with Crippen LogP contribution in [0.2, 0.25) is 10.0 Å². The number of halogens is 2. The molecule has 0 bridgehead atoms. The molecule has 0 radical (unpaired) electrons. The smallest absolute Gasteiger partial charge is 0.340 e. The molecule has 0 fully saturated rings. The van der Waals surface area contributed by atoms with E-state index < -0.39 is 30.0 Å². The molecule has 2 heterocycles. The zero-order chi connectivity index (χ0) is 20.6. The molecule has 1 aliphatic rings. The summed E-state index contributed by atoms with van der Waals surface area (Å²) in [4.78, 5) is 25.2. The summed E-state index contributed by atoms with van der Waals surface area (Å²) >= 11 is 12.3. The van der Waals surface area contributed by atoms with Crippen LogP contribution in [0.4, 0.5) is 0 Å². The van der Waals surface area contributed by atoms with Crippen molar-refractivity contribution in [1.82, 2.24) is 0 Å². The van der Waals surface area contributed by atoms with E-state index >= 15 is 0 Å². The van der Waals surface area contributed by atoms with Gasteiger partial charge in [0, 0.05) is 16.1 Å². The van der Waals surface area contributed by atoms with E-state index in [2.05, 4.69) is 0 Å². The van der Waals surface area contributed by atoms with Crippen LogP contribution in [0.3, 0.4) is 0 Å². The van der Waals surface area contributed by atoms with Crippen molar-refractivity contribution in [3.8, 4) is 5.75 Å². The van der Waals surface area contributed by atoms with Gasteiger partial charge in [-0.1, -0.05) is 29.3 Å². The van der Waals surface area contributed by atoms with E-state index in [1.165, 1.54) is 6.07 Å². The van der Waals surface area contributed by atoms with Gasteiger partial charge < -0.3 is 24.7 Å². The highest BCUT2D eigenvalue weighted by Gasteiger charge is 2.40. The van der Waals surface area contributed by atoms with Crippen LogP contribution in [-0.4, -0.2) is 17.2 Å². The maximum absolute atomic E-state index is 12.8. The zero-order valence-electron chi connectivity index (χ0n) is 15.0. The summed E-state index contributed by atoms with van der Waals surface area (Å²) in [5, 5.41) is 10.0. The van der Waals surface area contributed by atoms with Crippen molar-refractivity contribution in [2.75, 3.05) is 0 Å². The number of nitrogens with two attached hydrogens (primary N) is 1. The van der Waals surface area contributed by atoms with E-state index in [4.69, 9.17) is 42.8 Å². The van der Waals surface area contributed by atoms with E-state index in [1.54, 1.807) is 26.0 Å². The van der Waals surface area contributed by atoms with Gasteiger partial charge in [-0.25, -0.2) is 4.79 Å². The molecule has 3 N–H and O–H groups in total. The Hall–Kier alpha value is -2.48. The van der Waals surface area contributed by atoms with E-state index in [1.807, 2.05) is 0 Å². The molecule has 0 aliphatic carbocycles. The number of aliphatic hydroxyl groups excluding tert-OH is 1. The Balaban J connectivity index is 2.29. The molecule has 0 saturated carbocycles. The van der Waals surface area contributed by atoms with Crippen molar-refractivity contribution in [2.45, 2.75) is 32.5 Å². The van der Waals surface area contributed by atoms with E-state index in [9.17, 15) is 14.7 Å². The highest BCUT2D eigenvalue weighted by atomic mass is 35.5. The van der Waals surface area contributed by atoms with Crippen LogP contribution in [0.5, 0.6) is 5.75 Å². The Morgan fingerprint density at radius 2 is 2.04 bits per heavy atom. The second-order valence-electron chi connectivity index (χ2n) is 6.36. The molecule has 28 heavy (non-hydrogen) atoms. The molecular weight excluding hydrogens is 409 g/mol. The Labute approximate surface area is 170 Å². The summed E-state index contributed by atoms with van der Waals surface area (Å²) in [5.41, 5.74) is 5.76. The fraction of sp³-hybridized carbons (Fsp3) is 0.263. The van der Waals surface area contributed by atoms with E-state index in [-0.39, 0.29) is 33.7 Å².